The molecule has 0 aliphatic heterocycles. The highest BCUT2D eigenvalue weighted by Crippen LogP contribution is 2.51. The molecule has 0 nitrogen and oxygen atoms in total. The summed E-state index contributed by atoms with van der Waals surface area (Å²) in [7, 11) is 0. The number of aryl methyl sites for hydroxylation is 1. The average Bonchev–Trinajstić information content (AvgIpc) is 2.50. The smallest absolute Gasteiger partial charge is 0.000729 e. The van der Waals surface area contributed by atoms with Crippen molar-refractivity contribution in [3.05, 3.63) is 336 Å². The molecule has 1 aliphatic carbocycles. The van der Waals surface area contributed by atoms with Gasteiger partial charge in [-0.1, -0.05) is 309 Å². The lowest BCUT2D eigenvalue weighted by molar-refractivity contribution is 1.08. The normalized spacial score (nSPS) is 12.1. The van der Waals surface area contributed by atoms with Crippen molar-refractivity contribution in [2.45, 2.75) is 26.2 Å². The van der Waals surface area contributed by atoms with Crippen molar-refractivity contribution in [2.24, 2.45) is 0 Å². The monoisotopic (exact) mass is 1070 g/mol. The fourth-order valence-electron chi connectivity index (χ4n) is 14.0. The fourth-order valence-corrected chi connectivity index (χ4v) is 14.0. The highest BCUT2D eigenvalue weighted by Gasteiger charge is 2.25. The molecule has 0 saturated heterocycles. The van der Waals surface area contributed by atoms with Gasteiger partial charge in [-0.3, -0.25) is 0 Å². The van der Waals surface area contributed by atoms with Crippen molar-refractivity contribution in [3.8, 4) is 55.6 Å². The highest BCUT2D eigenvalue weighted by molar-refractivity contribution is 6.20. The minimum Gasteiger partial charge on any atom is -0.0763 e. The van der Waals surface area contributed by atoms with Crippen LogP contribution in [0.3, 0.4) is 0 Å². The Balaban J connectivity index is 0.000000192. The van der Waals surface area contributed by atoms with Crippen LogP contribution in [0.25, 0.3) is 132 Å². The van der Waals surface area contributed by atoms with Crippen LogP contribution in [0, 0.1) is 6.92 Å². The van der Waals surface area contributed by atoms with E-state index in [1.54, 1.807) is 0 Å². The van der Waals surface area contributed by atoms with Crippen LogP contribution in [-0.4, -0.2) is 0 Å². The van der Waals surface area contributed by atoms with Gasteiger partial charge in [-0.05, 0) is 185 Å². The summed E-state index contributed by atoms with van der Waals surface area (Å²) in [5.74, 6) is 0. The van der Waals surface area contributed by atoms with Crippen molar-refractivity contribution in [1.29, 1.82) is 0 Å². The molecule has 0 aromatic heterocycles. The first kappa shape index (κ1) is 50.6. The van der Waals surface area contributed by atoms with Gasteiger partial charge in [0.25, 0.3) is 0 Å². The summed E-state index contributed by atoms with van der Waals surface area (Å²) >= 11 is 0. The Morgan fingerprint density at radius 3 is 1.13 bits per heavy atom. The number of benzene rings is 15. The first-order valence-corrected chi connectivity index (χ1v) is 29.6. The van der Waals surface area contributed by atoms with Crippen LogP contribution >= 0.6 is 0 Å². The predicted octanol–water partition coefficient (Wildman–Crippen LogP) is 21.3. The zero-order valence-electron chi connectivity index (χ0n) is 47.1. The van der Waals surface area contributed by atoms with E-state index in [1.165, 1.54) is 159 Å². The Morgan fingerprint density at radius 2 is 0.619 bits per heavy atom. The van der Waals surface area contributed by atoms with E-state index in [-0.39, 0.29) is 0 Å². The van der Waals surface area contributed by atoms with Crippen molar-refractivity contribution >= 4 is 76.3 Å². The van der Waals surface area contributed by atoms with E-state index in [1.807, 2.05) is 0 Å². The van der Waals surface area contributed by atoms with Crippen LogP contribution < -0.4 is 10.4 Å². The summed E-state index contributed by atoms with van der Waals surface area (Å²) in [6, 6.07) is 111. The largest absolute Gasteiger partial charge is 0.0763 e. The SMILES string of the molecule is C1=c2ccccc2=C(c2c3ccccc3c(-c3ccc(-c4c(-c5ccccc5)c(-c5ccccc5)c(-c5ccccc5)c5ccccc45)cc3)c3ccccc23)CC1.Cc1c2ccccc2c(Cc2cccc3ccccc23)c2ccccc12. The standard InChI is InChI=1S/C58H40.C26H20/c1-4-20-40(21-5-1)54-49-30-14-15-31-50(49)55(57(42-24-8-3-9-25-42)56(54)41-22-6-2-7-23-41)44-37-35-43(36-38-44)53-47-28-12-16-32-51(47)58(52-33-17-13-29-48(52)53)46-34-18-26-39-19-10-11-27-45(39)46;1-18-21-12-4-6-15-24(21)26(25-16-7-5-13-22(18)25)17-20-11-8-10-19-9-2-3-14-23(19)20/h1-17,19-33,35-38H,18,34H2;2-16H,17H2,1H3. The van der Waals surface area contributed by atoms with Crippen LogP contribution in [0.4, 0.5) is 0 Å². The number of rotatable bonds is 8. The van der Waals surface area contributed by atoms with Crippen LogP contribution in [0.1, 0.15) is 35.1 Å². The molecular weight excluding hydrogens is 1010 g/mol. The molecule has 0 heteroatoms. The van der Waals surface area contributed by atoms with Gasteiger partial charge in [0.15, 0.2) is 0 Å². The minimum absolute atomic E-state index is 0.947. The number of hydrogen-bond donors (Lipinski definition) is 0. The summed E-state index contributed by atoms with van der Waals surface area (Å²) in [4.78, 5) is 0. The molecule has 16 rings (SSSR count). The zero-order chi connectivity index (χ0) is 55.9. The maximum Gasteiger partial charge on any atom is -0.000729 e. The third kappa shape index (κ3) is 8.87. The fraction of sp³-hybridized carbons (Fsp3) is 0.0476. The van der Waals surface area contributed by atoms with Gasteiger partial charge in [-0.2, -0.15) is 0 Å². The molecule has 15 aromatic rings. The molecule has 396 valence electrons. The first-order chi connectivity index (χ1) is 41.7. The molecule has 0 bridgehead atoms. The quantitative estimate of drug-likeness (QED) is 0.133. The number of hydrogen-bond acceptors (Lipinski definition) is 0. The molecule has 0 spiro atoms. The van der Waals surface area contributed by atoms with E-state index in [0.717, 1.165) is 19.3 Å². The topological polar surface area (TPSA) is 0 Å². The van der Waals surface area contributed by atoms with Gasteiger partial charge in [0, 0.05) is 0 Å². The second-order valence-electron chi connectivity index (χ2n) is 22.4. The molecule has 0 fully saturated rings. The van der Waals surface area contributed by atoms with E-state index < -0.39 is 0 Å². The highest BCUT2D eigenvalue weighted by atomic mass is 14.3. The molecule has 0 N–H and O–H groups in total. The lowest BCUT2D eigenvalue weighted by atomic mass is 9.78. The van der Waals surface area contributed by atoms with Gasteiger partial charge in [-0.25, -0.2) is 0 Å². The first-order valence-electron chi connectivity index (χ1n) is 29.6. The van der Waals surface area contributed by atoms with E-state index in [9.17, 15) is 0 Å². The van der Waals surface area contributed by atoms with Gasteiger partial charge in [0.05, 0.1) is 0 Å². The summed E-state index contributed by atoms with van der Waals surface area (Å²) in [5.41, 5.74) is 19.4. The second-order valence-corrected chi connectivity index (χ2v) is 22.4. The molecule has 15 aromatic carbocycles. The zero-order valence-corrected chi connectivity index (χ0v) is 47.1. The van der Waals surface area contributed by atoms with E-state index in [0.29, 0.717) is 0 Å². The van der Waals surface area contributed by atoms with Gasteiger partial charge >= 0.3 is 0 Å². The van der Waals surface area contributed by atoms with E-state index in [2.05, 4.69) is 316 Å². The molecule has 0 saturated carbocycles. The Kier molecular flexibility index (Phi) is 13.1. The van der Waals surface area contributed by atoms with Crippen molar-refractivity contribution in [2.75, 3.05) is 0 Å². The Morgan fingerprint density at radius 1 is 0.262 bits per heavy atom. The van der Waals surface area contributed by atoms with Crippen molar-refractivity contribution in [3.63, 3.8) is 0 Å². The van der Waals surface area contributed by atoms with Crippen molar-refractivity contribution in [1.82, 2.24) is 0 Å². The molecule has 0 amide bonds. The lowest BCUT2D eigenvalue weighted by Gasteiger charge is -2.24. The molecule has 0 atom stereocenters. The molecule has 0 radical (unpaired) electrons. The third-order valence-electron chi connectivity index (χ3n) is 17.7. The molecular formula is C84H60. The Hall–Kier alpha value is -10.4. The lowest BCUT2D eigenvalue weighted by Crippen LogP contribution is -2.29. The van der Waals surface area contributed by atoms with Crippen LogP contribution in [-0.2, 0) is 6.42 Å². The molecule has 84 heavy (non-hydrogen) atoms. The van der Waals surface area contributed by atoms with Crippen LogP contribution in [0.2, 0.25) is 0 Å². The van der Waals surface area contributed by atoms with Gasteiger partial charge in [-0.15, -0.1) is 0 Å². The third-order valence-corrected chi connectivity index (χ3v) is 17.7. The second kappa shape index (κ2) is 21.8. The maximum atomic E-state index is 2.39. The maximum absolute atomic E-state index is 2.39. The van der Waals surface area contributed by atoms with E-state index in [4.69, 9.17) is 0 Å². The predicted molar refractivity (Wildman–Crippen MR) is 361 cm³/mol. The van der Waals surface area contributed by atoms with E-state index >= 15 is 0 Å². The minimum atomic E-state index is 0.947. The van der Waals surface area contributed by atoms with Crippen molar-refractivity contribution < 1.29 is 0 Å². The average molecular weight is 1070 g/mol. The number of fused-ring (bicyclic) bond motifs is 7. The Bertz CT molecular complexity index is 5010. The summed E-state index contributed by atoms with van der Waals surface area (Å²) in [6.45, 7) is 2.24. The summed E-state index contributed by atoms with van der Waals surface area (Å²) in [6.07, 6.45) is 5.42. The van der Waals surface area contributed by atoms with Gasteiger partial charge in [0.2, 0.25) is 0 Å². The van der Waals surface area contributed by atoms with Crippen LogP contribution in [0.5, 0.6) is 0 Å². The van der Waals surface area contributed by atoms with Gasteiger partial charge in [0.1, 0.15) is 0 Å². The molecule has 1 aliphatic rings. The Labute approximate surface area is 491 Å². The van der Waals surface area contributed by atoms with Gasteiger partial charge < -0.3 is 0 Å². The molecule has 0 heterocycles. The molecule has 0 unspecified atom stereocenters. The summed E-state index contributed by atoms with van der Waals surface area (Å²) < 4.78 is 0. The summed E-state index contributed by atoms with van der Waals surface area (Å²) in [5, 5.41) is 18.5. The van der Waals surface area contributed by atoms with Crippen LogP contribution in [0.15, 0.2) is 303 Å².